The maximum Gasteiger partial charge on any atom is 0.251 e. The number of rotatable bonds is 5. The first-order chi connectivity index (χ1) is 11.5. The summed E-state index contributed by atoms with van der Waals surface area (Å²) >= 11 is 0. The second-order valence-corrected chi connectivity index (χ2v) is 7.19. The summed E-state index contributed by atoms with van der Waals surface area (Å²) in [6.45, 7) is 1.89. The van der Waals surface area contributed by atoms with Crippen molar-refractivity contribution in [2.75, 3.05) is 6.26 Å². The zero-order chi connectivity index (χ0) is 17.1. The van der Waals surface area contributed by atoms with Crippen molar-refractivity contribution < 1.29 is 9.00 Å². The number of carbonyl (C=O) groups is 1. The largest absolute Gasteiger partial charge is 0.342 e. The van der Waals surface area contributed by atoms with Crippen LogP contribution >= 0.6 is 0 Å². The Kier molecular flexibility index (Phi) is 4.76. The smallest absolute Gasteiger partial charge is 0.251 e. The first-order valence-corrected chi connectivity index (χ1v) is 9.40. The van der Waals surface area contributed by atoms with Crippen LogP contribution in [0.5, 0.6) is 0 Å². The normalized spacial score (nSPS) is 13.6. The van der Waals surface area contributed by atoms with E-state index in [1.807, 2.05) is 43.3 Å². The van der Waals surface area contributed by atoms with E-state index in [4.69, 9.17) is 0 Å². The summed E-state index contributed by atoms with van der Waals surface area (Å²) in [7, 11) is -0.934. The van der Waals surface area contributed by atoms with Crippen LogP contribution in [0.15, 0.2) is 48.5 Å². The van der Waals surface area contributed by atoms with Crippen LogP contribution in [0, 0.1) is 0 Å². The third kappa shape index (κ3) is 3.71. The number of imidazole rings is 1. The predicted octanol–water partition coefficient (Wildman–Crippen LogP) is 2.93. The third-order valence-electron chi connectivity index (χ3n) is 3.72. The van der Waals surface area contributed by atoms with Crippen molar-refractivity contribution in [1.29, 1.82) is 0 Å². The fourth-order valence-electron chi connectivity index (χ4n) is 2.56. The molecule has 1 amide bonds. The van der Waals surface area contributed by atoms with Crippen LogP contribution in [0.3, 0.4) is 0 Å². The van der Waals surface area contributed by atoms with Crippen LogP contribution < -0.4 is 5.32 Å². The minimum Gasteiger partial charge on any atom is -0.342 e. The highest BCUT2D eigenvalue weighted by molar-refractivity contribution is 7.83. The first-order valence-electron chi connectivity index (χ1n) is 7.67. The number of para-hydroxylation sites is 2. The van der Waals surface area contributed by atoms with Gasteiger partial charge in [-0.3, -0.25) is 9.00 Å². The van der Waals surface area contributed by atoms with Crippen molar-refractivity contribution in [3.63, 3.8) is 0 Å². The molecule has 2 N–H and O–H groups in total. The van der Waals surface area contributed by atoms with Gasteiger partial charge in [0.05, 0.1) is 17.1 Å². The summed E-state index contributed by atoms with van der Waals surface area (Å²) in [5.74, 6) is 0.988. The zero-order valence-corrected chi connectivity index (χ0v) is 14.4. The first kappa shape index (κ1) is 16.4. The predicted molar refractivity (Wildman–Crippen MR) is 96.2 cm³/mol. The lowest BCUT2D eigenvalue weighted by molar-refractivity contribution is 0.0938. The van der Waals surface area contributed by atoms with Gasteiger partial charge in [-0.05, 0) is 36.8 Å². The number of benzene rings is 2. The van der Waals surface area contributed by atoms with Crippen LogP contribution in [0.2, 0.25) is 0 Å². The quantitative estimate of drug-likeness (QED) is 0.749. The van der Waals surface area contributed by atoms with Crippen LogP contribution in [0.4, 0.5) is 0 Å². The number of H-pyrrole nitrogens is 1. The number of amides is 1. The molecule has 1 heterocycles. The summed E-state index contributed by atoms with van der Waals surface area (Å²) in [6.07, 6.45) is 1.65. The van der Waals surface area contributed by atoms with Gasteiger partial charge in [0, 0.05) is 28.4 Å². The van der Waals surface area contributed by atoms with Gasteiger partial charge >= 0.3 is 0 Å². The lowest BCUT2D eigenvalue weighted by Crippen LogP contribution is -2.27. The summed E-state index contributed by atoms with van der Waals surface area (Å²) in [5.41, 5.74) is 3.27. The van der Waals surface area contributed by atoms with E-state index in [1.165, 1.54) is 0 Å². The van der Waals surface area contributed by atoms with Crippen LogP contribution in [-0.4, -0.2) is 26.3 Å². The minimum atomic E-state index is -0.934. The topological polar surface area (TPSA) is 74.8 Å². The number of aromatic nitrogens is 2. The molecule has 0 saturated carbocycles. The highest BCUT2D eigenvalue weighted by Crippen LogP contribution is 2.16. The number of aromatic amines is 1. The van der Waals surface area contributed by atoms with Crippen molar-refractivity contribution in [3.05, 3.63) is 65.5 Å². The molecule has 0 aliphatic carbocycles. The van der Waals surface area contributed by atoms with E-state index in [-0.39, 0.29) is 11.9 Å². The molecule has 0 aliphatic heterocycles. The molecule has 6 heteroatoms. The minimum absolute atomic E-state index is 0.174. The number of hydrogen-bond donors (Lipinski definition) is 2. The zero-order valence-electron chi connectivity index (χ0n) is 13.6. The lowest BCUT2D eigenvalue weighted by atomic mass is 10.1. The van der Waals surface area contributed by atoms with Gasteiger partial charge in [-0.15, -0.1) is 0 Å². The van der Waals surface area contributed by atoms with Gasteiger partial charge < -0.3 is 10.3 Å². The molecule has 0 radical (unpaired) electrons. The van der Waals surface area contributed by atoms with E-state index in [2.05, 4.69) is 15.3 Å². The van der Waals surface area contributed by atoms with Gasteiger partial charge in [-0.25, -0.2) is 4.98 Å². The van der Waals surface area contributed by atoms with Gasteiger partial charge in [0.1, 0.15) is 5.82 Å². The maximum absolute atomic E-state index is 12.5. The second kappa shape index (κ2) is 6.97. The second-order valence-electron chi connectivity index (χ2n) is 5.75. The number of hydrogen-bond acceptors (Lipinski definition) is 3. The molecule has 0 fully saturated rings. The average molecular weight is 341 g/mol. The summed E-state index contributed by atoms with van der Waals surface area (Å²) in [6, 6.07) is 14.7. The SMILES string of the molecule is CC(NC(=O)c1cccc(CS(C)=O)c1)c1nc2ccccc2[nH]1. The van der Waals surface area contributed by atoms with Crippen molar-refractivity contribution >= 4 is 27.7 Å². The molecule has 0 aliphatic rings. The van der Waals surface area contributed by atoms with E-state index < -0.39 is 10.8 Å². The molecule has 3 rings (SSSR count). The van der Waals surface area contributed by atoms with Gasteiger partial charge in [0.25, 0.3) is 5.91 Å². The van der Waals surface area contributed by atoms with Crippen molar-refractivity contribution in [1.82, 2.24) is 15.3 Å². The molecule has 1 aromatic heterocycles. The lowest BCUT2D eigenvalue weighted by Gasteiger charge is -2.12. The Morgan fingerprint density at radius 3 is 2.79 bits per heavy atom. The monoisotopic (exact) mass is 341 g/mol. The molecule has 5 nitrogen and oxygen atoms in total. The third-order valence-corrected chi connectivity index (χ3v) is 4.46. The molecule has 0 spiro atoms. The van der Waals surface area contributed by atoms with Gasteiger partial charge in [0.15, 0.2) is 0 Å². The molecule has 0 saturated heterocycles. The standard InChI is InChI=1S/C18H19N3O2S/c1-12(17-20-15-8-3-4-9-16(15)21-17)19-18(22)14-7-5-6-13(10-14)11-24(2)23/h3-10,12H,11H2,1-2H3,(H,19,22)(H,20,21). The van der Waals surface area contributed by atoms with E-state index in [1.54, 1.807) is 18.4 Å². The molecular formula is C18H19N3O2S. The molecule has 2 aromatic carbocycles. The highest BCUT2D eigenvalue weighted by Gasteiger charge is 2.15. The molecule has 2 atom stereocenters. The Bertz CT molecular complexity index is 871. The Morgan fingerprint density at radius 1 is 1.25 bits per heavy atom. The Balaban J connectivity index is 1.75. The number of carbonyl (C=O) groups excluding carboxylic acids is 1. The highest BCUT2D eigenvalue weighted by atomic mass is 32.2. The number of nitrogens with one attached hydrogen (secondary N) is 2. The van der Waals surface area contributed by atoms with Gasteiger partial charge in [-0.2, -0.15) is 0 Å². The van der Waals surface area contributed by atoms with Crippen molar-refractivity contribution in [2.24, 2.45) is 0 Å². The van der Waals surface area contributed by atoms with Crippen LogP contribution in [-0.2, 0) is 16.6 Å². The van der Waals surface area contributed by atoms with Crippen molar-refractivity contribution in [3.8, 4) is 0 Å². The van der Waals surface area contributed by atoms with Gasteiger partial charge in [0.2, 0.25) is 0 Å². The average Bonchev–Trinajstić information content (AvgIpc) is 2.98. The van der Waals surface area contributed by atoms with E-state index in [0.717, 1.165) is 22.4 Å². The Morgan fingerprint density at radius 2 is 2.04 bits per heavy atom. The molecule has 2 unspecified atom stereocenters. The number of fused-ring (bicyclic) bond motifs is 1. The summed E-state index contributed by atoms with van der Waals surface area (Å²) < 4.78 is 11.3. The Hall–Kier alpha value is -2.47. The summed E-state index contributed by atoms with van der Waals surface area (Å²) in [5, 5.41) is 2.95. The fraction of sp³-hybridized carbons (Fsp3) is 0.222. The molecule has 24 heavy (non-hydrogen) atoms. The molecule has 0 bridgehead atoms. The number of nitrogens with zero attached hydrogens (tertiary/aromatic N) is 1. The molecule has 124 valence electrons. The van der Waals surface area contributed by atoms with Crippen LogP contribution in [0.1, 0.15) is 34.7 Å². The van der Waals surface area contributed by atoms with E-state index in [9.17, 15) is 9.00 Å². The van der Waals surface area contributed by atoms with E-state index in [0.29, 0.717) is 11.3 Å². The fourth-order valence-corrected chi connectivity index (χ4v) is 3.21. The van der Waals surface area contributed by atoms with Gasteiger partial charge in [-0.1, -0.05) is 24.3 Å². The summed E-state index contributed by atoms with van der Waals surface area (Å²) in [4.78, 5) is 20.2. The molecular weight excluding hydrogens is 322 g/mol. The van der Waals surface area contributed by atoms with Crippen molar-refractivity contribution in [2.45, 2.75) is 18.7 Å². The van der Waals surface area contributed by atoms with Crippen LogP contribution in [0.25, 0.3) is 11.0 Å². The molecule has 3 aromatic rings. The Labute approximate surface area is 143 Å². The maximum atomic E-state index is 12.5. The van der Waals surface area contributed by atoms with E-state index >= 15 is 0 Å².